The lowest BCUT2D eigenvalue weighted by molar-refractivity contribution is 0.518. The van der Waals surface area contributed by atoms with Crippen LogP contribution in [0.25, 0.3) is 0 Å². The van der Waals surface area contributed by atoms with E-state index in [0.29, 0.717) is 5.96 Å². The second-order valence-electron chi connectivity index (χ2n) is 5.85. The van der Waals surface area contributed by atoms with Crippen molar-refractivity contribution in [1.82, 2.24) is 9.88 Å². The smallest absolute Gasteiger partial charge is 0.198 e. The Kier molecular flexibility index (Phi) is 10.6. The van der Waals surface area contributed by atoms with Crippen LogP contribution in [-0.4, -0.2) is 40.1 Å². The summed E-state index contributed by atoms with van der Waals surface area (Å²) in [6.45, 7) is 11.0. The molecule has 3 heterocycles. The van der Waals surface area contributed by atoms with E-state index in [4.69, 9.17) is 15.7 Å². The molecule has 0 radical (unpaired) electrons. The summed E-state index contributed by atoms with van der Waals surface area (Å²) in [5, 5.41) is 0.766. The first kappa shape index (κ1) is 23.1. The van der Waals surface area contributed by atoms with Gasteiger partial charge in [-0.05, 0) is 50.0 Å². The Morgan fingerprint density at radius 3 is 2.56 bits per heavy atom. The number of pyridine rings is 1. The molecule has 1 aromatic rings. The molecule has 6 heteroatoms. The van der Waals surface area contributed by atoms with E-state index in [-0.39, 0.29) is 0 Å². The molecule has 0 aromatic carbocycles. The molecule has 2 aliphatic heterocycles. The van der Waals surface area contributed by atoms with Crippen molar-refractivity contribution >= 4 is 27.7 Å². The van der Waals surface area contributed by atoms with Crippen molar-refractivity contribution in [3.8, 4) is 0 Å². The lowest BCUT2D eigenvalue weighted by Crippen LogP contribution is -2.43. The molecule has 1 aromatic heterocycles. The molecule has 0 saturated heterocycles. The van der Waals surface area contributed by atoms with Crippen LogP contribution >= 0.6 is 15.9 Å². The molecule has 27 heavy (non-hydrogen) atoms. The van der Waals surface area contributed by atoms with Gasteiger partial charge in [0.2, 0.25) is 0 Å². The fourth-order valence-electron chi connectivity index (χ4n) is 3.00. The molecule has 1 atom stereocenters. The van der Waals surface area contributed by atoms with E-state index >= 15 is 0 Å². The van der Waals surface area contributed by atoms with E-state index < -0.39 is 5.54 Å². The highest BCUT2D eigenvalue weighted by Crippen LogP contribution is 2.36. The zero-order valence-corrected chi connectivity index (χ0v) is 18.3. The summed E-state index contributed by atoms with van der Waals surface area (Å²) in [5.41, 5.74) is 6.65. The third kappa shape index (κ3) is 5.76. The molecule has 2 N–H and O–H groups in total. The SMILES string of the molecule is C=CC.CC.NC1=NC(/C=C/CBr)(c2ccncc2)C2=NCCCCCN12. The van der Waals surface area contributed by atoms with Crippen LogP contribution in [0.15, 0.2) is 59.3 Å². The van der Waals surface area contributed by atoms with Crippen molar-refractivity contribution in [3.05, 3.63) is 54.9 Å². The van der Waals surface area contributed by atoms with Gasteiger partial charge in [-0.3, -0.25) is 14.9 Å². The summed E-state index contributed by atoms with van der Waals surface area (Å²) in [6.07, 6.45) is 12.9. The van der Waals surface area contributed by atoms with E-state index in [1.165, 1.54) is 6.42 Å². The van der Waals surface area contributed by atoms with E-state index in [0.717, 1.165) is 42.7 Å². The van der Waals surface area contributed by atoms with Crippen LogP contribution < -0.4 is 5.73 Å². The van der Waals surface area contributed by atoms with Crippen molar-refractivity contribution in [2.75, 3.05) is 18.4 Å². The predicted octanol–water partition coefficient (Wildman–Crippen LogP) is 4.66. The van der Waals surface area contributed by atoms with Gasteiger partial charge in [0.25, 0.3) is 0 Å². The van der Waals surface area contributed by atoms with Crippen molar-refractivity contribution in [1.29, 1.82) is 0 Å². The Hall–Kier alpha value is -1.95. The normalized spacial score (nSPS) is 21.4. The molecule has 2 aliphatic rings. The van der Waals surface area contributed by atoms with E-state index in [1.54, 1.807) is 18.5 Å². The summed E-state index contributed by atoms with van der Waals surface area (Å²) >= 11 is 3.45. The quantitative estimate of drug-likeness (QED) is 0.556. The van der Waals surface area contributed by atoms with E-state index in [2.05, 4.69) is 44.5 Å². The van der Waals surface area contributed by atoms with Gasteiger partial charge < -0.3 is 5.73 Å². The molecule has 0 saturated carbocycles. The number of hydrogen-bond donors (Lipinski definition) is 1. The number of fused-ring (bicyclic) bond motifs is 1. The molecule has 0 aliphatic carbocycles. The maximum atomic E-state index is 6.23. The minimum Gasteiger partial charge on any atom is -0.369 e. The zero-order chi connectivity index (χ0) is 20.1. The van der Waals surface area contributed by atoms with Gasteiger partial charge in [-0.15, -0.1) is 6.58 Å². The number of halogens is 1. The summed E-state index contributed by atoms with van der Waals surface area (Å²) in [7, 11) is 0. The summed E-state index contributed by atoms with van der Waals surface area (Å²) < 4.78 is 0. The van der Waals surface area contributed by atoms with E-state index in [9.17, 15) is 0 Å². The average molecular weight is 434 g/mol. The molecule has 0 amide bonds. The minimum atomic E-state index is -0.627. The van der Waals surface area contributed by atoms with Crippen molar-refractivity contribution in [2.45, 2.75) is 45.6 Å². The second-order valence-corrected chi connectivity index (χ2v) is 6.50. The number of nitrogens with zero attached hydrogens (tertiary/aromatic N) is 4. The fourth-order valence-corrected chi connectivity index (χ4v) is 3.18. The van der Waals surface area contributed by atoms with Gasteiger partial charge in [0.15, 0.2) is 11.5 Å². The second kappa shape index (κ2) is 12.4. The summed E-state index contributed by atoms with van der Waals surface area (Å²) in [4.78, 5) is 15.8. The van der Waals surface area contributed by atoms with Crippen LogP contribution in [0, 0.1) is 0 Å². The van der Waals surface area contributed by atoms with Crippen LogP contribution in [0.4, 0.5) is 0 Å². The molecule has 3 rings (SSSR count). The number of aromatic nitrogens is 1. The van der Waals surface area contributed by atoms with Gasteiger partial charge in [-0.1, -0.05) is 41.9 Å². The van der Waals surface area contributed by atoms with Gasteiger partial charge in [0.05, 0.1) is 0 Å². The molecule has 0 bridgehead atoms. The highest BCUT2D eigenvalue weighted by Gasteiger charge is 2.45. The number of allylic oxidation sites excluding steroid dienone is 2. The minimum absolute atomic E-state index is 0.552. The van der Waals surface area contributed by atoms with Crippen LogP contribution in [0.2, 0.25) is 0 Å². The Balaban J connectivity index is 0.000000665. The van der Waals surface area contributed by atoms with Crippen LogP contribution in [0.5, 0.6) is 0 Å². The van der Waals surface area contributed by atoms with Gasteiger partial charge in [0, 0.05) is 30.8 Å². The number of hydrogen-bond acceptors (Lipinski definition) is 5. The summed E-state index contributed by atoms with van der Waals surface area (Å²) in [6, 6.07) is 3.97. The zero-order valence-electron chi connectivity index (χ0n) is 16.7. The van der Waals surface area contributed by atoms with Crippen molar-refractivity contribution < 1.29 is 0 Å². The number of alkyl halides is 1. The van der Waals surface area contributed by atoms with Crippen molar-refractivity contribution in [2.24, 2.45) is 15.7 Å². The predicted molar refractivity (Wildman–Crippen MR) is 121 cm³/mol. The maximum Gasteiger partial charge on any atom is 0.198 e. The lowest BCUT2D eigenvalue weighted by atomic mass is 9.89. The first-order chi connectivity index (χ1) is 13.2. The number of aliphatic imine (C=N–C) groups is 2. The molecule has 148 valence electrons. The molecule has 0 spiro atoms. The Bertz CT molecular complexity index is 654. The van der Waals surface area contributed by atoms with Gasteiger partial charge in [-0.25, -0.2) is 4.99 Å². The average Bonchev–Trinajstić information content (AvgIpc) is 2.94. The highest BCUT2D eigenvalue weighted by molar-refractivity contribution is 9.09. The van der Waals surface area contributed by atoms with Gasteiger partial charge in [0.1, 0.15) is 5.84 Å². The number of nitrogens with two attached hydrogens (primary N) is 1. The Labute approximate surface area is 172 Å². The van der Waals surface area contributed by atoms with Crippen LogP contribution in [0.3, 0.4) is 0 Å². The Morgan fingerprint density at radius 2 is 1.93 bits per heavy atom. The van der Waals surface area contributed by atoms with Crippen LogP contribution in [0.1, 0.15) is 45.6 Å². The number of guanidine groups is 1. The first-order valence-electron chi connectivity index (χ1n) is 9.58. The molecular formula is C21H32BrN5. The van der Waals surface area contributed by atoms with Crippen molar-refractivity contribution in [3.63, 3.8) is 0 Å². The third-order valence-corrected chi connectivity index (χ3v) is 4.41. The Morgan fingerprint density at radius 1 is 1.26 bits per heavy atom. The van der Waals surface area contributed by atoms with Crippen LogP contribution in [-0.2, 0) is 5.54 Å². The first-order valence-corrected chi connectivity index (χ1v) is 10.7. The monoisotopic (exact) mass is 433 g/mol. The topological polar surface area (TPSA) is 66.9 Å². The number of rotatable bonds is 3. The standard InChI is InChI=1S/C16H20BrN5.C3H6.C2H6/c17-8-4-7-16(13-5-10-19-11-6-13)14-20-9-2-1-3-12-22(14)15(18)21-16;1-3-2;1-2/h4-7,10-11H,1-3,8-9,12H2,(H2,18,21);3H,1H2,2H3;1-2H3/b7-4+,20-14?;;. The van der Waals surface area contributed by atoms with E-state index in [1.807, 2.05) is 32.9 Å². The van der Waals surface area contributed by atoms with Gasteiger partial charge >= 0.3 is 0 Å². The summed E-state index contributed by atoms with van der Waals surface area (Å²) in [5.74, 6) is 1.49. The lowest BCUT2D eigenvalue weighted by Gasteiger charge is -2.29. The third-order valence-electron chi connectivity index (χ3n) is 4.03. The molecule has 0 fully saturated rings. The van der Waals surface area contributed by atoms with Gasteiger partial charge in [-0.2, -0.15) is 0 Å². The maximum absolute atomic E-state index is 6.23. The fraction of sp³-hybridized carbons (Fsp3) is 0.476. The molecule has 1 unspecified atom stereocenters. The number of amidine groups is 1. The molecular weight excluding hydrogens is 402 g/mol. The highest BCUT2D eigenvalue weighted by atomic mass is 79.9. The molecule has 5 nitrogen and oxygen atoms in total. The largest absolute Gasteiger partial charge is 0.369 e.